The highest BCUT2D eigenvalue weighted by molar-refractivity contribution is 4.93. The molecule has 1 N–H and O–H groups in total. The minimum atomic E-state index is 0.231. The molecule has 0 radical (unpaired) electrons. The van der Waals surface area contributed by atoms with Crippen LogP contribution in [-0.2, 0) is 0 Å². The average Bonchev–Trinajstić information content (AvgIpc) is 2.65. The van der Waals surface area contributed by atoms with Crippen molar-refractivity contribution in [2.24, 2.45) is 0 Å². The summed E-state index contributed by atoms with van der Waals surface area (Å²) in [5.41, 5.74) is 0.231. The molecule has 94 valence electrons. The summed E-state index contributed by atoms with van der Waals surface area (Å²) in [5.74, 6) is 0. The van der Waals surface area contributed by atoms with E-state index in [4.69, 9.17) is 0 Å². The Morgan fingerprint density at radius 1 is 1.31 bits per heavy atom. The second kappa shape index (κ2) is 4.63. The second-order valence-corrected chi connectivity index (χ2v) is 6.20. The van der Waals surface area contributed by atoms with E-state index < -0.39 is 0 Å². The fourth-order valence-electron chi connectivity index (χ4n) is 3.05. The summed E-state index contributed by atoms with van der Waals surface area (Å²) in [6.45, 7) is 12.0. The minimum absolute atomic E-state index is 0.231. The molecule has 0 spiro atoms. The quantitative estimate of drug-likeness (QED) is 0.777. The Morgan fingerprint density at radius 3 is 2.75 bits per heavy atom. The van der Waals surface area contributed by atoms with Crippen LogP contribution in [0.1, 0.15) is 33.6 Å². The Kier molecular flexibility index (Phi) is 3.57. The highest BCUT2D eigenvalue weighted by Crippen LogP contribution is 2.25. The monoisotopic (exact) mass is 225 g/mol. The molecule has 0 aromatic heterocycles. The van der Waals surface area contributed by atoms with Gasteiger partial charge in [0, 0.05) is 37.3 Å². The van der Waals surface area contributed by atoms with Gasteiger partial charge in [0.05, 0.1) is 0 Å². The fourth-order valence-corrected chi connectivity index (χ4v) is 3.05. The van der Waals surface area contributed by atoms with Crippen molar-refractivity contribution in [1.82, 2.24) is 15.1 Å². The molecular formula is C13H27N3. The van der Waals surface area contributed by atoms with Crippen molar-refractivity contribution in [2.75, 3.05) is 33.2 Å². The van der Waals surface area contributed by atoms with Crippen LogP contribution in [0.5, 0.6) is 0 Å². The zero-order valence-electron chi connectivity index (χ0n) is 11.3. The maximum absolute atomic E-state index is 3.41. The molecule has 2 rings (SSSR count). The lowest BCUT2D eigenvalue weighted by molar-refractivity contribution is 0.0433. The van der Waals surface area contributed by atoms with E-state index in [0.29, 0.717) is 6.04 Å². The topological polar surface area (TPSA) is 18.5 Å². The number of likely N-dealkylation sites (N-methyl/N-ethyl adjacent to an activating group) is 1. The molecular weight excluding hydrogens is 198 g/mol. The molecule has 2 unspecified atom stereocenters. The lowest BCUT2D eigenvalue weighted by Gasteiger charge is -2.45. The number of hydrogen-bond acceptors (Lipinski definition) is 3. The summed E-state index contributed by atoms with van der Waals surface area (Å²) in [5, 5.41) is 3.41. The molecule has 0 aliphatic carbocycles. The molecule has 0 aromatic carbocycles. The highest BCUT2D eigenvalue weighted by atomic mass is 15.3. The lowest BCUT2D eigenvalue weighted by Crippen LogP contribution is -2.59. The van der Waals surface area contributed by atoms with Crippen LogP contribution in [0.25, 0.3) is 0 Å². The first-order valence-electron chi connectivity index (χ1n) is 6.69. The Morgan fingerprint density at radius 2 is 2.06 bits per heavy atom. The third-order valence-corrected chi connectivity index (χ3v) is 4.34. The maximum Gasteiger partial charge on any atom is 0.0249 e. The van der Waals surface area contributed by atoms with Gasteiger partial charge in [-0.2, -0.15) is 0 Å². The third-order valence-electron chi connectivity index (χ3n) is 4.34. The molecule has 0 aromatic rings. The minimum Gasteiger partial charge on any atom is -0.314 e. The third kappa shape index (κ3) is 2.58. The predicted octanol–water partition coefficient (Wildman–Crippen LogP) is 1.15. The van der Waals surface area contributed by atoms with Crippen LogP contribution in [0.2, 0.25) is 0 Å². The second-order valence-electron chi connectivity index (χ2n) is 6.20. The molecule has 0 amide bonds. The van der Waals surface area contributed by atoms with Gasteiger partial charge in [0.1, 0.15) is 0 Å². The molecule has 0 bridgehead atoms. The van der Waals surface area contributed by atoms with Gasteiger partial charge in [0.15, 0.2) is 0 Å². The fraction of sp³-hybridized carbons (Fsp3) is 1.00. The summed E-state index contributed by atoms with van der Waals surface area (Å²) in [4.78, 5) is 5.36. The van der Waals surface area contributed by atoms with Crippen LogP contribution >= 0.6 is 0 Å². The first-order chi connectivity index (χ1) is 7.52. The van der Waals surface area contributed by atoms with Gasteiger partial charge in [-0.05, 0) is 47.2 Å². The van der Waals surface area contributed by atoms with Crippen molar-refractivity contribution >= 4 is 0 Å². The first kappa shape index (κ1) is 12.3. The van der Waals surface area contributed by atoms with E-state index >= 15 is 0 Å². The van der Waals surface area contributed by atoms with Gasteiger partial charge < -0.3 is 5.32 Å². The Hall–Kier alpha value is -0.120. The Bertz CT molecular complexity index is 239. The number of fused-ring (bicyclic) bond motifs is 1. The number of rotatable bonds is 3. The van der Waals surface area contributed by atoms with Gasteiger partial charge in [-0.15, -0.1) is 0 Å². The standard InChI is InChI=1S/C13H27N3/c1-11-8-15-7-5-6-12(15)9-16(11)10-13(2,3)14-4/h11-12,14H,5-10H2,1-4H3. The van der Waals surface area contributed by atoms with Gasteiger partial charge in [0.25, 0.3) is 0 Å². The van der Waals surface area contributed by atoms with Crippen LogP contribution in [0.4, 0.5) is 0 Å². The summed E-state index contributed by atoms with van der Waals surface area (Å²) in [6.07, 6.45) is 2.81. The number of nitrogens with zero attached hydrogens (tertiary/aromatic N) is 2. The summed E-state index contributed by atoms with van der Waals surface area (Å²) in [6, 6.07) is 1.55. The molecule has 2 heterocycles. The van der Waals surface area contributed by atoms with E-state index in [0.717, 1.165) is 12.6 Å². The Balaban J connectivity index is 1.94. The average molecular weight is 225 g/mol. The SMILES string of the molecule is CNC(C)(C)CN1CC2CCCN2CC1C. The molecule has 2 atom stereocenters. The molecule has 16 heavy (non-hydrogen) atoms. The Labute approximate surface area is 100 Å². The zero-order chi connectivity index (χ0) is 11.8. The van der Waals surface area contributed by atoms with E-state index in [1.807, 2.05) is 0 Å². The van der Waals surface area contributed by atoms with Crippen LogP contribution in [0, 0.1) is 0 Å². The van der Waals surface area contributed by atoms with Gasteiger partial charge in [-0.25, -0.2) is 0 Å². The van der Waals surface area contributed by atoms with Crippen molar-refractivity contribution in [2.45, 2.75) is 51.2 Å². The molecule has 0 saturated carbocycles. The van der Waals surface area contributed by atoms with E-state index in [1.54, 1.807) is 0 Å². The number of hydrogen-bond donors (Lipinski definition) is 1. The molecule has 2 fully saturated rings. The summed E-state index contributed by atoms with van der Waals surface area (Å²) >= 11 is 0. The van der Waals surface area contributed by atoms with E-state index in [1.165, 1.54) is 32.5 Å². The van der Waals surface area contributed by atoms with Gasteiger partial charge in [-0.3, -0.25) is 9.80 Å². The smallest absolute Gasteiger partial charge is 0.0249 e. The number of piperazine rings is 1. The van der Waals surface area contributed by atoms with Crippen LogP contribution in [0.3, 0.4) is 0 Å². The molecule has 2 aliphatic heterocycles. The number of nitrogens with one attached hydrogen (secondary N) is 1. The van der Waals surface area contributed by atoms with Crippen molar-refractivity contribution in [3.63, 3.8) is 0 Å². The molecule has 2 aliphatic rings. The van der Waals surface area contributed by atoms with E-state index in [2.05, 4.69) is 42.9 Å². The highest BCUT2D eigenvalue weighted by Gasteiger charge is 2.35. The lowest BCUT2D eigenvalue weighted by atomic mass is 10.0. The van der Waals surface area contributed by atoms with Gasteiger partial charge in [0.2, 0.25) is 0 Å². The van der Waals surface area contributed by atoms with Crippen molar-refractivity contribution in [3.8, 4) is 0 Å². The van der Waals surface area contributed by atoms with E-state index in [9.17, 15) is 0 Å². The molecule has 3 heteroatoms. The van der Waals surface area contributed by atoms with E-state index in [-0.39, 0.29) is 5.54 Å². The summed E-state index contributed by atoms with van der Waals surface area (Å²) < 4.78 is 0. The van der Waals surface area contributed by atoms with Crippen LogP contribution in [-0.4, -0.2) is 60.6 Å². The summed E-state index contributed by atoms with van der Waals surface area (Å²) in [7, 11) is 2.07. The predicted molar refractivity (Wildman–Crippen MR) is 68.8 cm³/mol. The van der Waals surface area contributed by atoms with Crippen molar-refractivity contribution < 1.29 is 0 Å². The normalized spacial score (nSPS) is 33.0. The van der Waals surface area contributed by atoms with Crippen LogP contribution in [0.15, 0.2) is 0 Å². The molecule has 3 nitrogen and oxygen atoms in total. The zero-order valence-corrected chi connectivity index (χ0v) is 11.3. The maximum atomic E-state index is 3.41. The molecule has 2 saturated heterocycles. The van der Waals surface area contributed by atoms with Gasteiger partial charge >= 0.3 is 0 Å². The van der Waals surface area contributed by atoms with Crippen LogP contribution < -0.4 is 5.32 Å². The van der Waals surface area contributed by atoms with Crippen molar-refractivity contribution in [3.05, 3.63) is 0 Å². The first-order valence-corrected chi connectivity index (χ1v) is 6.69. The van der Waals surface area contributed by atoms with Crippen molar-refractivity contribution in [1.29, 1.82) is 0 Å². The van der Waals surface area contributed by atoms with Gasteiger partial charge in [-0.1, -0.05) is 0 Å². The largest absolute Gasteiger partial charge is 0.314 e.